The van der Waals surface area contributed by atoms with Crippen LogP contribution in [0.1, 0.15) is 34.1 Å². The van der Waals surface area contributed by atoms with Gasteiger partial charge in [-0.25, -0.2) is 0 Å². The number of hydrogen-bond donors (Lipinski definition) is 0. The largest absolute Gasteiger partial charge is 0.386 e. The van der Waals surface area contributed by atoms with Crippen molar-refractivity contribution in [3.8, 4) is 0 Å². The van der Waals surface area contributed by atoms with Gasteiger partial charge < -0.3 is 4.84 Å². The number of nitrogens with zero attached hydrogens (tertiary/aromatic N) is 1. The van der Waals surface area contributed by atoms with Crippen molar-refractivity contribution in [2.45, 2.75) is 39.7 Å². The molecule has 12 heavy (non-hydrogen) atoms. The highest BCUT2D eigenvalue weighted by atomic mass is 16.6. The summed E-state index contributed by atoms with van der Waals surface area (Å²) in [5.74, 6) is 0. The minimum Gasteiger partial charge on any atom is -0.386 e. The van der Waals surface area contributed by atoms with Gasteiger partial charge in [0.2, 0.25) is 0 Å². The van der Waals surface area contributed by atoms with Gasteiger partial charge in [-0.05, 0) is 19.4 Å². The fourth-order valence-electron chi connectivity index (χ4n) is 0.930. The SMILES string of the molecule is CCC1(C)C=CC(C)(C)C=NO1. The smallest absolute Gasteiger partial charge is 0.152 e. The minimum absolute atomic E-state index is 0.0208. The summed E-state index contributed by atoms with van der Waals surface area (Å²) in [6, 6.07) is 0. The Bertz CT molecular complexity index is 218. The van der Waals surface area contributed by atoms with E-state index in [-0.39, 0.29) is 11.0 Å². The average molecular weight is 167 g/mol. The van der Waals surface area contributed by atoms with Crippen molar-refractivity contribution in [3.63, 3.8) is 0 Å². The van der Waals surface area contributed by atoms with Gasteiger partial charge in [-0.2, -0.15) is 0 Å². The summed E-state index contributed by atoms with van der Waals surface area (Å²) in [6.07, 6.45) is 7.02. The molecule has 0 fully saturated rings. The molecule has 0 aliphatic carbocycles. The van der Waals surface area contributed by atoms with Gasteiger partial charge in [0.15, 0.2) is 5.60 Å². The summed E-state index contributed by atoms with van der Waals surface area (Å²) in [5, 5.41) is 3.96. The first-order chi connectivity index (χ1) is 5.47. The van der Waals surface area contributed by atoms with Gasteiger partial charge in [0.1, 0.15) is 0 Å². The number of oxime groups is 1. The molecule has 1 unspecified atom stereocenters. The molecule has 2 nitrogen and oxygen atoms in total. The van der Waals surface area contributed by atoms with Crippen molar-refractivity contribution >= 4 is 6.21 Å². The molecule has 0 spiro atoms. The van der Waals surface area contributed by atoms with Crippen molar-refractivity contribution in [3.05, 3.63) is 12.2 Å². The molecule has 1 aliphatic heterocycles. The van der Waals surface area contributed by atoms with Crippen LogP contribution in [0.2, 0.25) is 0 Å². The van der Waals surface area contributed by atoms with Gasteiger partial charge in [-0.1, -0.05) is 32.0 Å². The Balaban J connectivity index is 2.85. The van der Waals surface area contributed by atoms with Gasteiger partial charge in [0, 0.05) is 5.41 Å². The van der Waals surface area contributed by atoms with Crippen LogP contribution in [-0.4, -0.2) is 11.8 Å². The molecule has 0 amide bonds. The summed E-state index contributed by atoms with van der Waals surface area (Å²) < 4.78 is 0. The Kier molecular flexibility index (Phi) is 2.27. The quantitative estimate of drug-likeness (QED) is 0.550. The Morgan fingerprint density at radius 2 is 1.92 bits per heavy atom. The van der Waals surface area contributed by atoms with Gasteiger partial charge >= 0.3 is 0 Å². The van der Waals surface area contributed by atoms with Crippen molar-refractivity contribution in [2.24, 2.45) is 10.6 Å². The lowest BCUT2D eigenvalue weighted by molar-refractivity contribution is 0.00856. The van der Waals surface area contributed by atoms with Gasteiger partial charge in [0.05, 0.1) is 6.21 Å². The second kappa shape index (κ2) is 2.92. The van der Waals surface area contributed by atoms with Crippen LogP contribution >= 0.6 is 0 Å². The second-order valence-electron chi connectivity index (χ2n) is 4.15. The van der Waals surface area contributed by atoms with Crippen LogP contribution in [0.5, 0.6) is 0 Å². The zero-order valence-electron chi connectivity index (χ0n) is 8.29. The van der Waals surface area contributed by atoms with Crippen molar-refractivity contribution < 1.29 is 4.84 Å². The molecule has 0 radical (unpaired) electrons. The van der Waals surface area contributed by atoms with Crippen LogP contribution in [0.25, 0.3) is 0 Å². The Labute approximate surface area is 74.3 Å². The molecular weight excluding hydrogens is 150 g/mol. The van der Waals surface area contributed by atoms with Crippen LogP contribution < -0.4 is 0 Å². The summed E-state index contributed by atoms with van der Waals surface area (Å²) >= 11 is 0. The lowest BCUT2D eigenvalue weighted by Crippen LogP contribution is -2.21. The van der Waals surface area contributed by atoms with E-state index in [1.54, 1.807) is 0 Å². The third-order valence-corrected chi connectivity index (χ3v) is 2.21. The maximum Gasteiger partial charge on any atom is 0.152 e. The molecule has 0 saturated heterocycles. The first-order valence-corrected chi connectivity index (χ1v) is 4.40. The standard InChI is InChI=1S/C10H17NO/c1-5-10(4)7-6-9(2,3)8-11-12-10/h6-8H,5H2,1-4H3. The zero-order valence-corrected chi connectivity index (χ0v) is 8.29. The normalized spacial score (nSPS) is 32.7. The molecule has 1 rings (SSSR count). The molecule has 2 heteroatoms. The molecule has 1 heterocycles. The molecule has 68 valence electrons. The van der Waals surface area contributed by atoms with E-state index >= 15 is 0 Å². The monoisotopic (exact) mass is 167 g/mol. The van der Waals surface area contributed by atoms with Crippen LogP contribution in [0.3, 0.4) is 0 Å². The van der Waals surface area contributed by atoms with Crippen LogP contribution in [-0.2, 0) is 4.84 Å². The molecule has 0 bridgehead atoms. The van der Waals surface area contributed by atoms with Crippen molar-refractivity contribution in [1.82, 2.24) is 0 Å². The highest BCUT2D eigenvalue weighted by molar-refractivity contribution is 5.67. The van der Waals surface area contributed by atoms with E-state index in [1.807, 2.05) is 13.1 Å². The number of allylic oxidation sites excluding steroid dienone is 1. The molecule has 1 atom stereocenters. The van der Waals surface area contributed by atoms with E-state index in [4.69, 9.17) is 4.84 Å². The lowest BCUT2D eigenvalue weighted by Gasteiger charge is -2.20. The fraction of sp³-hybridized carbons (Fsp3) is 0.700. The topological polar surface area (TPSA) is 21.6 Å². The lowest BCUT2D eigenvalue weighted by atomic mass is 9.92. The van der Waals surface area contributed by atoms with Crippen LogP contribution in [0, 0.1) is 5.41 Å². The van der Waals surface area contributed by atoms with E-state index in [2.05, 4.69) is 38.1 Å². The summed E-state index contributed by atoms with van der Waals surface area (Å²) in [6.45, 7) is 8.36. The van der Waals surface area contributed by atoms with Gasteiger partial charge in [-0.15, -0.1) is 0 Å². The van der Waals surface area contributed by atoms with Crippen LogP contribution in [0.15, 0.2) is 17.3 Å². The Hall–Kier alpha value is -0.790. The van der Waals surface area contributed by atoms with E-state index in [9.17, 15) is 0 Å². The Morgan fingerprint density at radius 3 is 2.50 bits per heavy atom. The second-order valence-corrected chi connectivity index (χ2v) is 4.15. The third-order valence-electron chi connectivity index (χ3n) is 2.21. The predicted molar refractivity (Wildman–Crippen MR) is 51.2 cm³/mol. The first-order valence-electron chi connectivity index (χ1n) is 4.40. The van der Waals surface area contributed by atoms with Crippen LogP contribution in [0.4, 0.5) is 0 Å². The first kappa shape index (κ1) is 9.30. The molecule has 0 saturated carbocycles. The van der Waals surface area contributed by atoms with E-state index < -0.39 is 0 Å². The summed E-state index contributed by atoms with van der Waals surface area (Å²) in [5.41, 5.74) is -0.197. The molecule has 0 N–H and O–H groups in total. The maximum atomic E-state index is 5.36. The molecule has 0 aromatic carbocycles. The van der Waals surface area contributed by atoms with E-state index in [0.717, 1.165) is 6.42 Å². The minimum atomic E-state index is -0.218. The molecule has 0 aromatic rings. The van der Waals surface area contributed by atoms with E-state index in [1.165, 1.54) is 0 Å². The molecule has 1 aliphatic rings. The third kappa shape index (κ3) is 2.10. The number of rotatable bonds is 1. The molecular formula is C10H17NO. The van der Waals surface area contributed by atoms with Gasteiger partial charge in [-0.3, -0.25) is 0 Å². The predicted octanol–water partition coefficient (Wildman–Crippen LogP) is 2.75. The Morgan fingerprint density at radius 1 is 1.25 bits per heavy atom. The fourth-order valence-corrected chi connectivity index (χ4v) is 0.930. The summed E-state index contributed by atoms with van der Waals surface area (Å²) in [7, 11) is 0. The highest BCUT2D eigenvalue weighted by Crippen LogP contribution is 2.25. The maximum absolute atomic E-state index is 5.36. The van der Waals surface area contributed by atoms with E-state index in [0.29, 0.717) is 0 Å². The van der Waals surface area contributed by atoms with Crippen molar-refractivity contribution in [2.75, 3.05) is 0 Å². The molecule has 0 aromatic heterocycles. The number of hydrogen-bond acceptors (Lipinski definition) is 2. The summed E-state index contributed by atoms with van der Waals surface area (Å²) in [4.78, 5) is 5.36. The van der Waals surface area contributed by atoms with Gasteiger partial charge in [0.25, 0.3) is 0 Å². The highest BCUT2D eigenvalue weighted by Gasteiger charge is 2.24. The zero-order chi connectivity index (χ0) is 9.24. The van der Waals surface area contributed by atoms with Crippen molar-refractivity contribution in [1.29, 1.82) is 0 Å². The average Bonchev–Trinajstić information content (AvgIpc) is 2.13.